The van der Waals surface area contributed by atoms with Crippen LogP contribution in [-0.2, 0) is 19.4 Å². The van der Waals surface area contributed by atoms with Gasteiger partial charge in [-0.3, -0.25) is 10.00 Å². The molecule has 0 amide bonds. The SMILES string of the molecule is CC(C)CCc1n[nH]c2c1CN(C1CCN(c3ccc(F)cc3)C1)CC2. The van der Waals surface area contributed by atoms with Crippen LogP contribution in [0, 0.1) is 11.7 Å². The molecule has 1 saturated heterocycles. The number of nitrogens with zero attached hydrogens (tertiary/aromatic N) is 3. The third-order valence-corrected chi connectivity index (χ3v) is 5.88. The highest BCUT2D eigenvalue weighted by Crippen LogP contribution is 2.28. The van der Waals surface area contributed by atoms with E-state index in [-0.39, 0.29) is 5.82 Å². The third kappa shape index (κ3) is 3.63. The molecule has 2 aromatic rings. The number of rotatable bonds is 5. The number of fused-ring (bicyclic) bond motifs is 1. The molecule has 1 unspecified atom stereocenters. The maximum atomic E-state index is 13.2. The van der Waals surface area contributed by atoms with E-state index in [0.717, 1.165) is 44.7 Å². The quantitative estimate of drug-likeness (QED) is 0.886. The highest BCUT2D eigenvalue weighted by molar-refractivity contribution is 5.47. The monoisotopic (exact) mass is 356 g/mol. The number of hydrogen-bond acceptors (Lipinski definition) is 3. The molecule has 5 heteroatoms. The zero-order valence-electron chi connectivity index (χ0n) is 15.8. The Labute approximate surface area is 155 Å². The predicted octanol–water partition coefficient (Wildman–Crippen LogP) is 3.77. The van der Waals surface area contributed by atoms with Crippen LogP contribution in [0.15, 0.2) is 24.3 Å². The summed E-state index contributed by atoms with van der Waals surface area (Å²) in [7, 11) is 0. The molecule has 4 nitrogen and oxygen atoms in total. The van der Waals surface area contributed by atoms with Gasteiger partial charge in [-0.25, -0.2) is 4.39 Å². The number of anilines is 1. The smallest absolute Gasteiger partial charge is 0.123 e. The van der Waals surface area contributed by atoms with Crippen molar-refractivity contribution in [3.63, 3.8) is 0 Å². The maximum Gasteiger partial charge on any atom is 0.123 e. The minimum Gasteiger partial charge on any atom is -0.370 e. The summed E-state index contributed by atoms with van der Waals surface area (Å²) in [6.45, 7) is 8.73. The Bertz CT molecular complexity index is 737. The van der Waals surface area contributed by atoms with E-state index in [1.54, 1.807) is 12.1 Å². The number of benzene rings is 1. The third-order valence-electron chi connectivity index (χ3n) is 5.88. The second kappa shape index (κ2) is 7.39. The van der Waals surface area contributed by atoms with Crippen LogP contribution in [0.2, 0.25) is 0 Å². The van der Waals surface area contributed by atoms with Gasteiger partial charge in [0.2, 0.25) is 0 Å². The molecule has 1 N–H and O–H groups in total. The Kier molecular flexibility index (Phi) is 4.98. The Balaban J connectivity index is 1.41. The molecule has 1 aromatic carbocycles. The number of hydrogen-bond donors (Lipinski definition) is 1. The van der Waals surface area contributed by atoms with Crippen LogP contribution in [0.1, 0.15) is 43.6 Å². The van der Waals surface area contributed by atoms with Gasteiger partial charge in [-0.05, 0) is 49.4 Å². The van der Waals surface area contributed by atoms with Gasteiger partial charge in [0.15, 0.2) is 0 Å². The molecule has 2 aliphatic rings. The Morgan fingerprint density at radius 2 is 2.04 bits per heavy atom. The number of aromatic nitrogens is 2. The highest BCUT2D eigenvalue weighted by atomic mass is 19.1. The molecule has 0 saturated carbocycles. The van der Waals surface area contributed by atoms with Crippen LogP contribution < -0.4 is 4.90 Å². The summed E-state index contributed by atoms with van der Waals surface area (Å²) in [5.41, 5.74) is 5.19. The van der Waals surface area contributed by atoms with Crippen molar-refractivity contribution >= 4 is 5.69 Å². The normalized spacial score (nSPS) is 20.8. The Hall–Kier alpha value is -1.88. The highest BCUT2D eigenvalue weighted by Gasteiger charge is 2.31. The number of halogens is 1. The van der Waals surface area contributed by atoms with Gasteiger partial charge >= 0.3 is 0 Å². The van der Waals surface area contributed by atoms with Crippen molar-refractivity contribution in [3.05, 3.63) is 47.0 Å². The van der Waals surface area contributed by atoms with Crippen molar-refractivity contribution in [3.8, 4) is 0 Å². The van der Waals surface area contributed by atoms with Gasteiger partial charge in [-0.2, -0.15) is 5.10 Å². The summed E-state index contributed by atoms with van der Waals surface area (Å²) >= 11 is 0. The fourth-order valence-electron chi connectivity index (χ4n) is 4.25. The summed E-state index contributed by atoms with van der Waals surface area (Å²) < 4.78 is 13.2. The van der Waals surface area contributed by atoms with Gasteiger partial charge in [0.1, 0.15) is 5.82 Å². The number of aryl methyl sites for hydroxylation is 1. The van der Waals surface area contributed by atoms with Crippen LogP contribution in [0.3, 0.4) is 0 Å². The molecular weight excluding hydrogens is 327 g/mol. The number of nitrogens with one attached hydrogen (secondary N) is 1. The van der Waals surface area contributed by atoms with E-state index >= 15 is 0 Å². The van der Waals surface area contributed by atoms with Crippen LogP contribution in [-0.4, -0.2) is 40.8 Å². The van der Waals surface area contributed by atoms with E-state index < -0.39 is 0 Å². The van der Waals surface area contributed by atoms with Crippen LogP contribution in [0.25, 0.3) is 0 Å². The van der Waals surface area contributed by atoms with Crippen molar-refractivity contribution in [2.24, 2.45) is 5.92 Å². The summed E-state index contributed by atoms with van der Waals surface area (Å²) in [6.07, 6.45) is 4.51. The first-order valence-electron chi connectivity index (χ1n) is 9.89. The molecule has 26 heavy (non-hydrogen) atoms. The second-order valence-corrected chi connectivity index (χ2v) is 8.15. The molecule has 2 aliphatic heterocycles. The average molecular weight is 356 g/mol. The van der Waals surface area contributed by atoms with Gasteiger partial charge in [0.25, 0.3) is 0 Å². The zero-order valence-corrected chi connectivity index (χ0v) is 15.8. The van der Waals surface area contributed by atoms with Crippen molar-refractivity contribution in [2.45, 2.75) is 52.1 Å². The molecule has 1 fully saturated rings. The second-order valence-electron chi connectivity index (χ2n) is 8.15. The standard InChI is InChI=1S/C21H29FN4/c1-15(2)3-8-20-19-14-26(12-10-21(19)24-23-20)18-9-11-25(13-18)17-6-4-16(22)5-7-17/h4-7,15,18H,3,8-14H2,1-2H3,(H,23,24). The van der Waals surface area contributed by atoms with E-state index in [2.05, 4.69) is 33.8 Å². The lowest BCUT2D eigenvalue weighted by Crippen LogP contribution is -2.41. The first-order chi connectivity index (χ1) is 12.6. The first kappa shape index (κ1) is 17.5. The molecule has 0 bridgehead atoms. The van der Waals surface area contributed by atoms with E-state index in [9.17, 15) is 4.39 Å². The van der Waals surface area contributed by atoms with Crippen molar-refractivity contribution < 1.29 is 4.39 Å². The summed E-state index contributed by atoms with van der Waals surface area (Å²) in [4.78, 5) is 5.01. The summed E-state index contributed by atoms with van der Waals surface area (Å²) in [5.74, 6) is 0.545. The fraction of sp³-hybridized carbons (Fsp3) is 0.571. The van der Waals surface area contributed by atoms with Gasteiger partial charge in [0, 0.05) is 55.6 Å². The van der Waals surface area contributed by atoms with E-state index in [0.29, 0.717) is 12.0 Å². The largest absolute Gasteiger partial charge is 0.370 e. The lowest BCUT2D eigenvalue weighted by Gasteiger charge is -2.32. The Morgan fingerprint density at radius 1 is 1.23 bits per heavy atom. The molecule has 0 radical (unpaired) electrons. The van der Waals surface area contributed by atoms with Crippen molar-refractivity contribution in [1.82, 2.24) is 15.1 Å². The van der Waals surface area contributed by atoms with E-state index in [1.807, 2.05) is 12.1 Å². The van der Waals surface area contributed by atoms with Crippen LogP contribution >= 0.6 is 0 Å². The lowest BCUT2D eigenvalue weighted by molar-refractivity contribution is 0.190. The minimum absolute atomic E-state index is 0.165. The van der Waals surface area contributed by atoms with Crippen molar-refractivity contribution in [2.75, 3.05) is 24.5 Å². The first-order valence-corrected chi connectivity index (χ1v) is 9.89. The molecule has 1 aromatic heterocycles. The maximum absolute atomic E-state index is 13.2. The average Bonchev–Trinajstić information content (AvgIpc) is 3.27. The molecule has 1 atom stereocenters. The zero-order chi connectivity index (χ0) is 18.1. The lowest BCUT2D eigenvalue weighted by atomic mass is 9.99. The minimum atomic E-state index is -0.165. The topological polar surface area (TPSA) is 35.2 Å². The van der Waals surface area contributed by atoms with Crippen LogP contribution in [0.5, 0.6) is 0 Å². The van der Waals surface area contributed by atoms with E-state index in [4.69, 9.17) is 0 Å². The predicted molar refractivity (Wildman–Crippen MR) is 103 cm³/mol. The molecular formula is C21H29FN4. The van der Waals surface area contributed by atoms with Crippen molar-refractivity contribution in [1.29, 1.82) is 0 Å². The molecule has 140 valence electrons. The number of aromatic amines is 1. The molecule has 4 rings (SSSR count). The van der Waals surface area contributed by atoms with Gasteiger partial charge < -0.3 is 4.90 Å². The molecule has 3 heterocycles. The Morgan fingerprint density at radius 3 is 2.81 bits per heavy atom. The molecule has 0 spiro atoms. The van der Waals surface area contributed by atoms with E-state index in [1.165, 1.54) is 29.8 Å². The van der Waals surface area contributed by atoms with Crippen LogP contribution in [0.4, 0.5) is 10.1 Å². The summed E-state index contributed by atoms with van der Waals surface area (Å²) in [6, 6.07) is 7.48. The molecule has 0 aliphatic carbocycles. The van der Waals surface area contributed by atoms with Gasteiger partial charge in [-0.1, -0.05) is 13.8 Å². The van der Waals surface area contributed by atoms with Gasteiger partial charge in [-0.15, -0.1) is 0 Å². The van der Waals surface area contributed by atoms with Gasteiger partial charge in [0.05, 0.1) is 5.69 Å². The number of H-pyrrole nitrogens is 1. The fourth-order valence-corrected chi connectivity index (χ4v) is 4.25. The summed E-state index contributed by atoms with van der Waals surface area (Å²) in [5, 5.41) is 7.88.